The molecule has 3 nitrogen and oxygen atoms in total. The van der Waals surface area contributed by atoms with Crippen molar-refractivity contribution in [1.29, 1.82) is 0 Å². The first-order valence-corrected chi connectivity index (χ1v) is 7.21. The zero-order chi connectivity index (χ0) is 12.4. The van der Waals surface area contributed by atoms with Gasteiger partial charge in [0.25, 0.3) is 0 Å². The lowest BCUT2D eigenvalue weighted by atomic mass is 9.85. The Bertz CT molecular complexity index is 396. The number of nitrogens with one attached hydrogen (secondary N) is 1. The number of anilines is 1. The van der Waals surface area contributed by atoms with E-state index >= 15 is 0 Å². The van der Waals surface area contributed by atoms with E-state index in [0.29, 0.717) is 0 Å². The molecule has 0 unspecified atom stereocenters. The van der Waals surface area contributed by atoms with E-state index in [1.165, 1.54) is 37.7 Å². The molecule has 0 atom stereocenters. The summed E-state index contributed by atoms with van der Waals surface area (Å²) >= 11 is 0. The number of hydrogen-bond acceptors (Lipinski definition) is 3. The van der Waals surface area contributed by atoms with Gasteiger partial charge in [-0.1, -0.05) is 6.42 Å². The molecule has 0 spiro atoms. The maximum absolute atomic E-state index is 4.49. The van der Waals surface area contributed by atoms with Gasteiger partial charge in [0.2, 0.25) is 0 Å². The highest BCUT2D eigenvalue weighted by Crippen LogP contribution is 2.28. The van der Waals surface area contributed by atoms with E-state index in [0.717, 1.165) is 30.9 Å². The molecule has 2 saturated carbocycles. The number of aromatic nitrogens is 1. The molecule has 18 heavy (non-hydrogen) atoms. The minimum Gasteiger partial charge on any atom is -0.359 e. The summed E-state index contributed by atoms with van der Waals surface area (Å²) in [5, 5.41) is 3.56. The Labute approximate surface area is 110 Å². The van der Waals surface area contributed by atoms with E-state index in [-0.39, 0.29) is 0 Å². The van der Waals surface area contributed by atoms with Gasteiger partial charge in [-0.15, -0.1) is 0 Å². The van der Waals surface area contributed by atoms with Gasteiger partial charge in [0.15, 0.2) is 0 Å². The molecule has 1 heterocycles. The Morgan fingerprint density at radius 2 is 2.17 bits per heavy atom. The first-order valence-electron chi connectivity index (χ1n) is 7.21. The Morgan fingerprint density at radius 3 is 2.83 bits per heavy atom. The summed E-state index contributed by atoms with van der Waals surface area (Å²) in [7, 11) is 2.17. The van der Waals surface area contributed by atoms with Gasteiger partial charge in [-0.05, 0) is 49.3 Å². The van der Waals surface area contributed by atoms with Gasteiger partial charge in [0, 0.05) is 32.4 Å². The summed E-state index contributed by atoms with van der Waals surface area (Å²) in [6, 6.07) is 5.12. The molecule has 3 rings (SSSR count). The predicted octanol–water partition coefficient (Wildman–Crippen LogP) is 2.57. The van der Waals surface area contributed by atoms with Crippen LogP contribution in [0.1, 0.15) is 37.7 Å². The topological polar surface area (TPSA) is 28.2 Å². The van der Waals surface area contributed by atoms with Gasteiger partial charge < -0.3 is 10.2 Å². The van der Waals surface area contributed by atoms with E-state index in [4.69, 9.17) is 0 Å². The van der Waals surface area contributed by atoms with Crippen molar-refractivity contribution in [3.63, 3.8) is 0 Å². The molecule has 1 N–H and O–H groups in total. The number of rotatable bonds is 6. The van der Waals surface area contributed by atoms with Crippen molar-refractivity contribution in [1.82, 2.24) is 10.3 Å². The minimum atomic E-state index is 0.773. The third-order valence-electron chi connectivity index (χ3n) is 4.13. The summed E-state index contributed by atoms with van der Waals surface area (Å²) in [4.78, 5) is 6.80. The Hall–Kier alpha value is -1.09. The van der Waals surface area contributed by atoms with Crippen LogP contribution in [0.5, 0.6) is 0 Å². The van der Waals surface area contributed by atoms with Crippen molar-refractivity contribution in [2.45, 2.75) is 44.7 Å². The summed E-state index contributed by atoms with van der Waals surface area (Å²) < 4.78 is 0. The molecule has 0 aliphatic heterocycles. The van der Waals surface area contributed by atoms with Crippen LogP contribution in [0.2, 0.25) is 0 Å². The van der Waals surface area contributed by atoms with Gasteiger partial charge >= 0.3 is 0 Å². The third-order valence-corrected chi connectivity index (χ3v) is 4.13. The highest BCUT2D eigenvalue weighted by atomic mass is 15.2. The van der Waals surface area contributed by atoms with E-state index in [1.807, 2.05) is 6.20 Å². The van der Waals surface area contributed by atoms with Crippen LogP contribution in [0.15, 0.2) is 18.3 Å². The lowest BCUT2D eigenvalue weighted by Crippen LogP contribution is -2.30. The fraction of sp³-hybridized carbons (Fsp3) is 0.667. The molecule has 0 amide bonds. The van der Waals surface area contributed by atoms with Crippen LogP contribution in [-0.2, 0) is 6.54 Å². The Morgan fingerprint density at radius 1 is 1.33 bits per heavy atom. The van der Waals surface area contributed by atoms with E-state index in [2.05, 4.69) is 34.4 Å². The van der Waals surface area contributed by atoms with Crippen LogP contribution in [-0.4, -0.2) is 24.6 Å². The van der Waals surface area contributed by atoms with Crippen LogP contribution < -0.4 is 10.2 Å². The maximum Gasteiger partial charge on any atom is 0.128 e. The normalized spacial score (nSPS) is 19.6. The fourth-order valence-electron chi connectivity index (χ4n) is 2.49. The maximum atomic E-state index is 4.49. The fourth-order valence-corrected chi connectivity index (χ4v) is 2.49. The van der Waals surface area contributed by atoms with Crippen molar-refractivity contribution in [3.8, 4) is 0 Å². The Kier molecular flexibility index (Phi) is 3.50. The molecule has 0 saturated heterocycles. The van der Waals surface area contributed by atoms with E-state index in [1.54, 1.807) is 0 Å². The molecule has 3 heteroatoms. The second kappa shape index (κ2) is 5.27. The lowest BCUT2D eigenvalue weighted by Gasteiger charge is -2.30. The number of hydrogen-bond donors (Lipinski definition) is 1. The van der Waals surface area contributed by atoms with E-state index < -0.39 is 0 Å². The SMILES string of the molecule is CN(CC1CCC1)c1cc(CNC2CC2)ccn1. The van der Waals surface area contributed by atoms with Crippen molar-refractivity contribution in [3.05, 3.63) is 23.9 Å². The average molecular weight is 245 g/mol. The second-order valence-corrected chi connectivity index (χ2v) is 5.85. The monoisotopic (exact) mass is 245 g/mol. The molecule has 98 valence electrons. The smallest absolute Gasteiger partial charge is 0.128 e. The van der Waals surface area contributed by atoms with Crippen molar-refractivity contribution in [2.24, 2.45) is 5.92 Å². The lowest BCUT2D eigenvalue weighted by molar-refractivity contribution is 0.321. The summed E-state index contributed by atoms with van der Waals surface area (Å²) in [6.45, 7) is 2.14. The van der Waals surface area contributed by atoms with E-state index in [9.17, 15) is 0 Å². The molecule has 2 aliphatic carbocycles. The molecule has 0 radical (unpaired) electrons. The first kappa shape index (κ1) is 12.0. The van der Waals surface area contributed by atoms with Crippen molar-refractivity contribution in [2.75, 3.05) is 18.5 Å². The van der Waals surface area contributed by atoms with Crippen LogP contribution in [0.4, 0.5) is 5.82 Å². The molecular weight excluding hydrogens is 222 g/mol. The highest BCUT2D eigenvalue weighted by molar-refractivity contribution is 5.40. The van der Waals surface area contributed by atoms with Crippen LogP contribution >= 0.6 is 0 Å². The van der Waals surface area contributed by atoms with Gasteiger partial charge in [-0.25, -0.2) is 4.98 Å². The average Bonchev–Trinajstić information content (AvgIpc) is 3.15. The number of pyridine rings is 1. The quantitative estimate of drug-likeness (QED) is 0.835. The molecule has 1 aromatic rings. The molecule has 0 aromatic carbocycles. The molecule has 0 bridgehead atoms. The zero-order valence-electron chi connectivity index (χ0n) is 11.2. The zero-order valence-corrected chi connectivity index (χ0v) is 11.2. The minimum absolute atomic E-state index is 0.773. The number of nitrogens with zero attached hydrogens (tertiary/aromatic N) is 2. The summed E-state index contributed by atoms with van der Waals surface area (Å²) in [5.41, 5.74) is 1.35. The summed E-state index contributed by atoms with van der Waals surface area (Å²) in [5.74, 6) is 2.02. The van der Waals surface area contributed by atoms with Crippen molar-refractivity contribution < 1.29 is 0 Å². The van der Waals surface area contributed by atoms with Crippen LogP contribution in [0.25, 0.3) is 0 Å². The predicted molar refractivity (Wildman–Crippen MR) is 74.7 cm³/mol. The van der Waals surface area contributed by atoms with Gasteiger partial charge in [0.1, 0.15) is 5.82 Å². The highest BCUT2D eigenvalue weighted by Gasteiger charge is 2.21. The van der Waals surface area contributed by atoms with Gasteiger partial charge in [-0.2, -0.15) is 0 Å². The standard InChI is InChI=1S/C15H23N3/c1-18(11-12-3-2-4-12)15-9-13(7-8-16-15)10-17-14-5-6-14/h7-9,12,14,17H,2-6,10-11H2,1H3. The molecule has 1 aromatic heterocycles. The Balaban J connectivity index is 1.57. The van der Waals surface area contributed by atoms with Gasteiger partial charge in [0.05, 0.1) is 0 Å². The second-order valence-electron chi connectivity index (χ2n) is 5.85. The van der Waals surface area contributed by atoms with Crippen molar-refractivity contribution >= 4 is 5.82 Å². The molecule has 2 aliphatic rings. The molecular formula is C15H23N3. The molecule has 2 fully saturated rings. The van der Waals surface area contributed by atoms with Crippen LogP contribution in [0.3, 0.4) is 0 Å². The third kappa shape index (κ3) is 3.02. The largest absolute Gasteiger partial charge is 0.359 e. The summed E-state index contributed by atoms with van der Waals surface area (Å²) in [6.07, 6.45) is 8.84. The first-order chi connectivity index (χ1) is 8.81. The van der Waals surface area contributed by atoms with Crippen LogP contribution in [0, 0.1) is 5.92 Å². The van der Waals surface area contributed by atoms with Gasteiger partial charge in [-0.3, -0.25) is 0 Å².